The van der Waals surface area contributed by atoms with Gasteiger partial charge in [0, 0.05) is 35.8 Å². The Bertz CT molecular complexity index is 1040. The molecule has 11 heteroatoms. The molecular formula is C23H34N6O3S2. The fraction of sp³-hybridized carbons (Fsp3) is 0.565. The van der Waals surface area contributed by atoms with Crippen molar-refractivity contribution in [1.29, 1.82) is 5.26 Å². The Morgan fingerprint density at radius 2 is 1.97 bits per heavy atom. The van der Waals surface area contributed by atoms with Crippen molar-refractivity contribution in [3.8, 4) is 6.19 Å². The van der Waals surface area contributed by atoms with Crippen LogP contribution in [-0.4, -0.2) is 33.6 Å². The molecule has 34 heavy (non-hydrogen) atoms. The lowest BCUT2D eigenvalue weighted by molar-refractivity contribution is -0.106. The summed E-state index contributed by atoms with van der Waals surface area (Å²) < 4.78 is 3.09. The molecule has 0 unspecified atom stereocenters. The van der Waals surface area contributed by atoms with Gasteiger partial charge in [0.1, 0.15) is 14.8 Å². The van der Waals surface area contributed by atoms with E-state index >= 15 is 0 Å². The molecule has 0 atom stereocenters. The number of carbonyl (C=O) groups excluding carboxylic acids is 1. The minimum Gasteiger partial charge on any atom is -0.390 e. The summed E-state index contributed by atoms with van der Waals surface area (Å²) >= 11 is 2.34. The van der Waals surface area contributed by atoms with Gasteiger partial charge in [-0.1, -0.05) is 13.8 Å². The average Bonchev–Trinajstić information content (AvgIpc) is 3.49. The second kappa shape index (κ2) is 11.8. The number of nitrogens with two attached hydrogens (primary N) is 1. The molecule has 2 aliphatic rings. The standard InChI is InChI=1S/C14H20N2.C8H11N3O2S2.CH3NO/c1-14(2)8-7-10-12(15-3)9-5-4-6-11(9)16-13(10)14;1-8(2,13)7-11-5(3-12)6(14-7)15-10-4-9;2-1-3/h4-8H2,1-3H3,(H,15,16);10,12-13H,3H2,1-2H3;1H,(H2,2,3). The van der Waals surface area contributed by atoms with E-state index in [0.29, 0.717) is 14.9 Å². The van der Waals surface area contributed by atoms with E-state index in [2.05, 4.69) is 41.7 Å². The fourth-order valence-electron chi connectivity index (χ4n) is 4.13. The molecule has 0 saturated heterocycles. The van der Waals surface area contributed by atoms with Gasteiger partial charge < -0.3 is 21.3 Å². The third-order valence-corrected chi connectivity index (χ3v) is 8.06. The largest absolute Gasteiger partial charge is 0.390 e. The predicted octanol–water partition coefficient (Wildman–Crippen LogP) is 2.88. The average molecular weight is 507 g/mol. The monoisotopic (exact) mass is 506 g/mol. The van der Waals surface area contributed by atoms with Gasteiger partial charge in [0.2, 0.25) is 6.41 Å². The Hall–Kier alpha value is -2.39. The minimum absolute atomic E-state index is 0.206. The lowest BCUT2D eigenvalue weighted by atomic mass is 9.90. The first-order valence-corrected chi connectivity index (χ1v) is 12.7. The number of fused-ring (bicyclic) bond motifs is 2. The Labute approximate surface area is 209 Å². The molecule has 9 nitrogen and oxygen atoms in total. The van der Waals surface area contributed by atoms with Crippen LogP contribution < -0.4 is 15.8 Å². The zero-order valence-electron chi connectivity index (χ0n) is 20.4. The number of hydrogen-bond donors (Lipinski definition) is 5. The number of amides is 1. The highest BCUT2D eigenvalue weighted by Gasteiger charge is 2.35. The summed E-state index contributed by atoms with van der Waals surface area (Å²) in [5, 5.41) is 31.1. The van der Waals surface area contributed by atoms with Crippen LogP contribution in [0.5, 0.6) is 0 Å². The highest BCUT2D eigenvalue weighted by atomic mass is 32.2. The summed E-state index contributed by atoms with van der Waals surface area (Å²) in [6, 6.07) is 0. The number of aliphatic hydroxyl groups excluding tert-OH is 1. The van der Waals surface area contributed by atoms with Gasteiger partial charge in [0.25, 0.3) is 0 Å². The molecule has 2 aromatic rings. The number of rotatable bonds is 5. The quantitative estimate of drug-likeness (QED) is 0.178. The van der Waals surface area contributed by atoms with E-state index in [4.69, 9.17) is 20.1 Å². The molecule has 0 radical (unpaired) electrons. The van der Waals surface area contributed by atoms with Gasteiger partial charge in [-0.2, -0.15) is 5.26 Å². The number of anilines is 1. The Morgan fingerprint density at radius 3 is 2.53 bits per heavy atom. The number of hydrogen-bond acceptors (Lipinski definition) is 10. The van der Waals surface area contributed by atoms with E-state index in [1.54, 1.807) is 20.0 Å². The number of aryl methyl sites for hydroxylation is 1. The summed E-state index contributed by atoms with van der Waals surface area (Å²) in [5.41, 5.74) is 11.0. The number of nitrogens with zero attached hydrogens (tertiary/aromatic N) is 3. The molecule has 0 bridgehead atoms. The van der Waals surface area contributed by atoms with Crippen molar-refractivity contribution in [2.45, 2.75) is 81.6 Å². The van der Waals surface area contributed by atoms with Crippen LogP contribution in [0, 0.1) is 11.5 Å². The SMILES string of the molecule is CC(C)(O)c1nc(CO)c(SNC#N)s1.CNc1c2c(nc3c1CCC3(C)C)CCC2.NC=O. The maximum Gasteiger partial charge on any atom is 0.204 e. The normalized spacial score (nSPS) is 15.0. The van der Waals surface area contributed by atoms with E-state index < -0.39 is 5.60 Å². The molecule has 4 rings (SSSR count). The summed E-state index contributed by atoms with van der Waals surface area (Å²) in [7, 11) is 2.06. The third-order valence-electron chi connectivity index (χ3n) is 5.74. The van der Waals surface area contributed by atoms with E-state index in [0.717, 1.165) is 11.9 Å². The van der Waals surface area contributed by atoms with Gasteiger partial charge in [0.05, 0.1) is 18.0 Å². The van der Waals surface area contributed by atoms with Gasteiger partial charge in [-0.25, -0.2) is 4.98 Å². The maximum absolute atomic E-state index is 9.72. The molecular weight excluding hydrogens is 472 g/mol. The minimum atomic E-state index is -1.03. The first-order chi connectivity index (χ1) is 16.0. The highest BCUT2D eigenvalue weighted by Crippen LogP contribution is 2.44. The summed E-state index contributed by atoms with van der Waals surface area (Å²) in [4.78, 5) is 17.6. The molecule has 0 aliphatic heterocycles. The Morgan fingerprint density at radius 1 is 1.29 bits per heavy atom. The van der Waals surface area contributed by atoms with Crippen LogP contribution in [0.2, 0.25) is 0 Å². The number of carbonyl (C=O) groups is 1. The number of thiazole rings is 1. The smallest absolute Gasteiger partial charge is 0.204 e. The number of pyridine rings is 1. The van der Waals surface area contributed by atoms with E-state index in [1.807, 2.05) is 0 Å². The van der Waals surface area contributed by atoms with Gasteiger partial charge in [0.15, 0.2) is 6.19 Å². The molecule has 186 valence electrons. The van der Waals surface area contributed by atoms with Crippen molar-refractivity contribution >= 4 is 35.4 Å². The summed E-state index contributed by atoms with van der Waals surface area (Å²) in [6.07, 6.45) is 8.12. The second-order valence-corrected chi connectivity index (χ2v) is 11.2. The van der Waals surface area contributed by atoms with E-state index in [-0.39, 0.29) is 18.4 Å². The lowest BCUT2D eigenvalue weighted by Crippen LogP contribution is -2.15. The number of nitrogens with one attached hydrogen (secondary N) is 2. The number of aromatic nitrogens is 2. The van der Waals surface area contributed by atoms with Crippen LogP contribution in [0.15, 0.2) is 4.21 Å². The maximum atomic E-state index is 9.72. The van der Waals surface area contributed by atoms with E-state index in [9.17, 15) is 5.11 Å². The summed E-state index contributed by atoms with van der Waals surface area (Å²) in [6.45, 7) is 7.69. The fourth-order valence-corrected chi connectivity index (χ4v) is 5.84. The van der Waals surface area contributed by atoms with E-state index in [1.165, 1.54) is 71.6 Å². The van der Waals surface area contributed by atoms with Crippen LogP contribution in [0.4, 0.5) is 5.69 Å². The van der Waals surface area contributed by atoms with Crippen LogP contribution >= 0.6 is 23.3 Å². The van der Waals surface area contributed by atoms with Crippen molar-refractivity contribution in [2.75, 3.05) is 12.4 Å². The van der Waals surface area contributed by atoms with Crippen molar-refractivity contribution in [1.82, 2.24) is 14.7 Å². The molecule has 0 fully saturated rings. The zero-order valence-corrected chi connectivity index (χ0v) is 22.0. The van der Waals surface area contributed by atoms with Crippen LogP contribution in [0.1, 0.15) is 73.8 Å². The molecule has 6 N–H and O–H groups in total. The summed E-state index contributed by atoms with van der Waals surface area (Å²) in [5.74, 6) is 0. The van der Waals surface area contributed by atoms with Crippen molar-refractivity contribution in [2.24, 2.45) is 5.73 Å². The van der Waals surface area contributed by atoms with Crippen molar-refractivity contribution in [3.63, 3.8) is 0 Å². The van der Waals surface area contributed by atoms with Gasteiger partial charge in [-0.15, -0.1) is 11.3 Å². The lowest BCUT2D eigenvalue weighted by Gasteiger charge is -2.20. The molecule has 0 aromatic carbocycles. The molecule has 2 heterocycles. The molecule has 1 amide bonds. The Balaban J connectivity index is 0.000000216. The first-order valence-electron chi connectivity index (χ1n) is 11.1. The van der Waals surface area contributed by atoms with Crippen molar-refractivity contribution < 1.29 is 15.0 Å². The predicted molar refractivity (Wildman–Crippen MR) is 135 cm³/mol. The van der Waals surface area contributed by atoms with Crippen LogP contribution in [-0.2, 0) is 41.7 Å². The van der Waals surface area contributed by atoms with Crippen molar-refractivity contribution in [3.05, 3.63) is 33.2 Å². The van der Waals surface area contributed by atoms with Crippen LogP contribution in [0.3, 0.4) is 0 Å². The third kappa shape index (κ3) is 6.39. The van der Waals surface area contributed by atoms with Gasteiger partial charge in [-0.3, -0.25) is 14.5 Å². The first kappa shape index (κ1) is 27.9. The number of nitriles is 1. The highest BCUT2D eigenvalue weighted by molar-refractivity contribution is 7.99. The van der Waals surface area contributed by atoms with Crippen LogP contribution in [0.25, 0.3) is 0 Å². The molecule has 2 aromatic heterocycles. The topological polar surface area (TPSA) is 157 Å². The molecule has 0 spiro atoms. The van der Waals surface area contributed by atoms with Gasteiger partial charge in [-0.05, 0) is 57.1 Å². The molecule has 2 aliphatic carbocycles. The number of aliphatic hydroxyl groups is 2. The Kier molecular flexibility index (Phi) is 9.70. The zero-order chi connectivity index (χ0) is 25.5. The second-order valence-electron chi connectivity index (χ2n) is 9.15. The number of primary amides is 1. The molecule has 0 saturated carbocycles. The van der Waals surface area contributed by atoms with Gasteiger partial charge >= 0.3 is 0 Å².